The summed E-state index contributed by atoms with van der Waals surface area (Å²) >= 11 is 16.3. The van der Waals surface area contributed by atoms with Crippen molar-refractivity contribution in [2.24, 2.45) is 0 Å². The van der Waals surface area contributed by atoms with Gasteiger partial charge in [0.1, 0.15) is 12.6 Å². The Kier molecular flexibility index (Phi) is 8.03. The zero-order chi connectivity index (χ0) is 24.1. The Hall–Kier alpha value is -2.67. The highest BCUT2D eigenvalue weighted by Gasteiger charge is 2.29. The molecule has 0 spiro atoms. The lowest BCUT2D eigenvalue weighted by Gasteiger charge is -2.18. The van der Waals surface area contributed by atoms with E-state index in [0.29, 0.717) is 23.0 Å². The fraction of sp³-hybridized carbons (Fsp3) is 0.231. The van der Waals surface area contributed by atoms with E-state index in [1.807, 2.05) is 30.3 Å². The van der Waals surface area contributed by atoms with E-state index in [9.17, 15) is 9.59 Å². The van der Waals surface area contributed by atoms with Crippen molar-refractivity contribution in [3.63, 3.8) is 0 Å². The van der Waals surface area contributed by atoms with Crippen molar-refractivity contribution in [3.05, 3.63) is 93.5 Å². The molecule has 176 valence electrons. The van der Waals surface area contributed by atoms with Crippen LogP contribution in [0.25, 0.3) is 11.1 Å². The van der Waals surface area contributed by atoms with E-state index in [1.165, 1.54) is 0 Å². The zero-order valence-corrected chi connectivity index (χ0v) is 20.7. The lowest BCUT2D eigenvalue weighted by molar-refractivity contribution is -0.122. The number of rotatable bonds is 8. The molecule has 2 amide bonds. The van der Waals surface area contributed by atoms with Gasteiger partial charge in [0.15, 0.2) is 0 Å². The van der Waals surface area contributed by atoms with Crippen molar-refractivity contribution in [3.8, 4) is 11.1 Å². The SMILES string of the molecule is O=C(N[C@@H](CS)C(=O)NCCc1ccc(Cl)cc1Cl)OCC1c2ccccc2-c2ccccc21. The second kappa shape index (κ2) is 11.2. The molecule has 1 aliphatic carbocycles. The molecule has 0 radical (unpaired) electrons. The predicted octanol–water partition coefficient (Wildman–Crippen LogP) is 5.49. The smallest absolute Gasteiger partial charge is 0.407 e. The molecule has 2 N–H and O–H groups in total. The molecule has 8 heteroatoms. The van der Waals surface area contributed by atoms with Crippen LogP contribution < -0.4 is 10.6 Å². The zero-order valence-electron chi connectivity index (χ0n) is 18.3. The van der Waals surface area contributed by atoms with Crippen LogP contribution in [0.1, 0.15) is 22.6 Å². The minimum absolute atomic E-state index is 0.0504. The summed E-state index contributed by atoms with van der Waals surface area (Å²) in [7, 11) is 0. The average Bonchev–Trinajstić information content (AvgIpc) is 3.16. The van der Waals surface area contributed by atoms with Gasteiger partial charge in [-0.1, -0.05) is 77.8 Å². The van der Waals surface area contributed by atoms with Crippen LogP contribution in [-0.4, -0.2) is 36.9 Å². The molecule has 1 aliphatic rings. The van der Waals surface area contributed by atoms with Crippen molar-refractivity contribution in [2.75, 3.05) is 18.9 Å². The number of carbonyl (C=O) groups is 2. The van der Waals surface area contributed by atoms with E-state index in [0.717, 1.165) is 27.8 Å². The van der Waals surface area contributed by atoms with Gasteiger partial charge in [0.2, 0.25) is 5.91 Å². The Balaban J connectivity index is 1.30. The number of hydrogen-bond donors (Lipinski definition) is 3. The molecule has 34 heavy (non-hydrogen) atoms. The molecule has 0 bridgehead atoms. The molecular weight excluding hydrogens is 491 g/mol. The lowest BCUT2D eigenvalue weighted by atomic mass is 9.98. The van der Waals surface area contributed by atoms with Crippen LogP contribution in [0, 0.1) is 0 Å². The molecule has 0 aliphatic heterocycles. The Morgan fingerprint density at radius 3 is 2.24 bits per heavy atom. The number of benzene rings is 3. The maximum atomic E-state index is 12.5. The Labute approximate surface area is 214 Å². The van der Waals surface area contributed by atoms with Gasteiger partial charge < -0.3 is 15.4 Å². The van der Waals surface area contributed by atoms with Crippen LogP contribution in [0.2, 0.25) is 10.0 Å². The largest absolute Gasteiger partial charge is 0.449 e. The number of fused-ring (bicyclic) bond motifs is 3. The summed E-state index contributed by atoms with van der Waals surface area (Å²) in [6.07, 6.45) is -0.122. The fourth-order valence-electron chi connectivity index (χ4n) is 4.14. The van der Waals surface area contributed by atoms with Gasteiger partial charge in [-0.2, -0.15) is 12.6 Å². The third kappa shape index (κ3) is 5.52. The molecule has 0 aromatic heterocycles. The van der Waals surface area contributed by atoms with Gasteiger partial charge in [0.05, 0.1) is 0 Å². The summed E-state index contributed by atoms with van der Waals surface area (Å²) in [4.78, 5) is 25.0. The topological polar surface area (TPSA) is 67.4 Å². The predicted molar refractivity (Wildman–Crippen MR) is 139 cm³/mol. The van der Waals surface area contributed by atoms with Crippen molar-refractivity contribution in [1.29, 1.82) is 0 Å². The summed E-state index contributed by atoms with van der Waals surface area (Å²) in [5.74, 6) is -0.253. The first-order valence-corrected chi connectivity index (χ1v) is 12.3. The lowest BCUT2D eigenvalue weighted by Crippen LogP contribution is -2.48. The summed E-state index contributed by atoms with van der Waals surface area (Å²) in [5, 5.41) is 6.52. The highest BCUT2D eigenvalue weighted by Crippen LogP contribution is 2.44. The van der Waals surface area contributed by atoms with Gasteiger partial charge in [-0.3, -0.25) is 4.79 Å². The molecule has 0 unspecified atom stereocenters. The van der Waals surface area contributed by atoms with Crippen LogP contribution in [0.4, 0.5) is 4.79 Å². The van der Waals surface area contributed by atoms with Gasteiger partial charge in [0.25, 0.3) is 0 Å². The molecule has 1 atom stereocenters. The molecule has 3 aromatic rings. The molecule has 0 fully saturated rings. The van der Waals surface area contributed by atoms with E-state index in [2.05, 4.69) is 47.5 Å². The third-order valence-electron chi connectivity index (χ3n) is 5.84. The number of amides is 2. The second-order valence-electron chi connectivity index (χ2n) is 7.98. The summed E-state index contributed by atoms with van der Waals surface area (Å²) in [5.41, 5.74) is 5.43. The molecular formula is C26H24Cl2N2O3S. The number of thiol groups is 1. The summed E-state index contributed by atoms with van der Waals surface area (Å²) in [6.45, 7) is 0.534. The van der Waals surface area contributed by atoms with E-state index >= 15 is 0 Å². The van der Waals surface area contributed by atoms with Gasteiger partial charge in [-0.05, 0) is 46.4 Å². The van der Waals surface area contributed by atoms with Gasteiger partial charge in [-0.15, -0.1) is 0 Å². The number of ether oxygens (including phenoxy) is 1. The Bertz CT molecular complexity index is 1160. The average molecular weight is 515 g/mol. The van der Waals surface area contributed by atoms with Crippen LogP contribution in [0.15, 0.2) is 66.7 Å². The first kappa shape index (κ1) is 24.5. The van der Waals surface area contributed by atoms with E-state index in [1.54, 1.807) is 12.1 Å². The summed E-state index contributed by atoms with van der Waals surface area (Å²) in [6, 6.07) is 20.6. The molecule has 5 nitrogen and oxygen atoms in total. The van der Waals surface area contributed by atoms with Gasteiger partial charge >= 0.3 is 6.09 Å². The van der Waals surface area contributed by atoms with Crippen molar-refractivity contribution in [1.82, 2.24) is 10.6 Å². The van der Waals surface area contributed by atoms with E-state index in [4.69, 9.17) is 27.9 Å². The number of alkyl carbamates (subject to hydrolysis) is 1. The molecule has 4 rings (SSSR count). The Morgan fingerprint density at radius 2 is 1.62 bits per heavy atom. The summed E-state index contributed by atoms with van der Waals surface area (Å²) < 4.78 is 5.53. The first-order chi connectivity index (χ1) is 16.5. The van der Waals surface area contributed by atoms with Crippen LogP contribution >= 0.6 is 35.8 Å². The highest BCUT2D eigenvalue weighted by atomic mass is 35.5. The second-order valence-corrected chi connectivity index (χ2v) is 9.19. The van der Waals surface area contributed by atoms with Crippen molar-refractivity contribution in [2.45, 2.75) is 18.4 Å². The standard InChI is InChI=1S/C26H24Cl2N2O3S/c27-17-10-9-16(23(28)13-17)11-12-29-25(31)24(15-34)30-26(32)33-14-22-20-7-3-1-5-18(20)19-6-2-4-8-21(19)22/h1-10,13,22,24,34H,11-12,14-15H2,(H,29,31)(H,30,32)/t24-/m0/s1. The maximum Gasteiger partial charge on any atom is 0.407 e. The third-order valence-corrected chi connectivity index (χ3v) is 6.80. The normalized spacial score (nSPS) is 13.0. The molecule has 3 aromatic carbocycles. The number of nitrogens with one attached hydrogen (secondary N) is 2. The Morgan fingerprint density at radius 1 is 0.971 bits per heavy atom. The van der Waals surface area contributed by atoms with E-state index < -0.39 is 12.1 Å². The minimum Gasteiger partial charge on any atom is -0.449 e. The quantitative estimate of drug-likeness (QED) is 0.348. The molecule has 0 saturated carbocycles. The number of hydrogen-bond acceptors (Lipinski definition) is 4. The highest BCUT2D eigenvalue weighted by molar-refractivity contribution is 7.80. The van der Waals surface area contributed by atoms with Crippen molar-refractivity contribution >= 4 is 47.8 Å². The number of halogens is 2. The van der Waals surface area contributed by atoms with Crippen LogP contribution in [-0.2, 0) is 16.0 Å². The fourth-order valence-corrected chi connectivity index (χ4v) is 4.90. The molecule has 0 heterocycles. The number of carbonyl (C=O) groups excluding carboxylic acids is 2. The minimum atomic E-state index is -0.820. The van der Waals surface area contributed by atoms with E-state index in [-0.39, 0.29) is 24.2 Å². The van der Waals surface area contributed by atoms with Gasteiger partial charge in [-0.25, -0.2) is 4.79 Å². The van der Waals surface area contributed by atoms with Gasteiger partial charge in [0, 0.05) is 28.3 Å². The molecule has 0 saturated heterocycles. The monoisotopic (exact) mass is 514 g/mol. The maximum absolute atomic E-state index is 12.5. The van der Waals surface area contributed by atoms with Crippen molar-refractivity contribution < 1.29 is 14.3 Å². The van der Waals surface area contributed by atoms with Crippen LogP contribution in [0.5, 0.6) is 0 Å². The van der Waals surface area contributed by atoms with Crippen LogP contribution in [0.3, 0.4) is 0 Å². The first-order valence-electron chi connectivity index (χ1n) is 10.9.